The molecule has 0 radical (unpaired) electrons. The molecule has 1 N–H and O–H groups in total. The van der Waals surface area contributed by atoms with E-state index in [0.29, 0.717) is 5.75 Å². The van der Waals surface area contributed by atoms with Crippen LogP contribution in [0.2, 0.25) is 0 Å². The molecule has 0 amide bonds. The first-order chi connectivity index (χ1) is 16.1. The molecule has 2 heterocycles. The summed E-state index contributed by atoms with van der Waals surface area (Å²) < 4.78 is 6.53. The highest BCUT2D eigenvalue weighted by atomic mass is 32.9. The molecule has 0 atom stereocenters. The van der Waals surface area contributed by atoms with E-state index in [9.17, 15) is 5.11 Å². The van der Waals surface area contributed by atoms with Crippen molar-refractivity contribution in [2.75, 3.05) is 33.3 Å². The van der Waals surface area contributed by atoms with Gasteiger partial charge < -0.3 is 9.84 Å². The van der Waals surface area contributed by atoms with E-state index < -0.39 is 0 Å². The number of nitrogens with zero attached hydrogens (tertiary/aromatic N) is 2. The number of unbranched alkanes of at least 4 members (excludes halogenated alkanes) is 1. The summed E-state index contributed by atoms with van der Waals surface area (Å²) in [5, 5.41) is 10.6. The van der Waals surface area contributed by atoms with Gasteiger partial charge in [-0.05, 0) is 48.2 Å². The van der Waals surface area contributed by atoms with E-state index in [-0.39, 0.29) is 0 Å². The summed E-state index contributed by atoms with van der Waals surface area (Å²) >= 11 is 5.61. The minimum absolute atomic E-state index is 0.379. The Labute approximate surface area is 209 Å². The highest BCUT2D eigenvalue weighted by Gasteiger charge is 2.20. The molecule has 33 heavy (non-hydrogen) atoms. The van der Waals surface area contributed by atoms with Gasteiger partial charge in [-0.15, -0.1) is 0 Å². The second-order valence-corrected chi connectivity index (χ2v) is 11.4. The average molecular weight is 501 g/mol. The summed E-state index contributed by atoms with van der Waals surface area (Å²) in [5.74, 6) is 1.33. The first kappa shape index (κ1) is 24.4. The number of para-hydroxylation sites is 1. The van der Waals surface area contributed by atoms with Crippen LogP contribution in [0, 0.1) is 3.82 Å². The Bertz CT molecular complexity index is 1120. The van der Waals surface area contributed by atoms with Crippen LogP contribution in [0.15, 0.2) is 42.5 Å². The summed E-state index contributed by atoms with van der Waals surface area (Å²) in [7, 11) is 5.20. The topological polar surface area (TPSA) is 35.9 Å². The third kappa shape index (κ3) is 6.03. The first-order valence-corrected chi connectivity index (χ1v) is 14.2. The van der Waals surface area contributed by atoms with E-state index in [1.165, 1.54) is 28.0 Å². The standard InChI is InChI=1S/C26H32N2O2S3/c1-3-4-8-22-25(32-33-26(22)31)19-10-11-23(29)21(16-19)18-28-14-12-27(13-15-28)17-20-7-5-6-9-24(20)30-2/h5-7,9-11,16,29H,3-4,8,12-15,17-18H2,1-2H3. The van der Waals surface area contributed by atoms with Crippen molar-refractivity contribution in [1.29, 1.82) is 0 Å². The maximum Gasteiger partial charge on any atom is 0.123 e. The molecule has 4 rings (SSSR count). The van der Waals surface area contributed by atoms with Crippen LogP contribution in [0.5, 0.6) is 11.5 Å². The van der Waals surface area contributed by atoms with Gasteiger partial charge in [0.15, 0.2) is 0 Å². The maximum absolute atomic E-state index is 10.6. The van der Waals surface area contributed by atoms with E-state index >= 15 is 0 Å². The number of piperazine rings is 1. The molecule has 0 saturated carbocycles. The summed E-state index contributed by atoms with van der Waals surface area (Å²) in [4.78, 5) is 6.19. The minimum Gasteiger partial charge on any atom is -0.508 e. The second-order valence-electron chi connectivity index (χ2n) is 8.57. The fourth-order valence-electron chi connectivity index (χ4n) is 4.34. The van der Waals surface area contributed by atoms with Crippen LogP contribution in [0.25, 0.3) is 10.4 Å². The molecule has 0 unspecified atom stereocenters. The summed E-state index contributed by atoms with van der Waals surface area (Å²) in [6, 6.07) is 14.3. The zero-order chi connectivity index (χ0) is 23.2. The predicted octanol–water partition coefficient (Wildman–Crippen LogP) is 6.58. The van der Waals surface area contributed by atoms with Gasteiger partial charge >= 0.3 is 0 Å². The number of hydrogen-bond donors (Lipinski definition) is 1. The molecule has 0 aliphatic carbocycles. The van der Waals surface area contributed by atoms with Crippen LogP contribution < -0.4 is 4.74 Å². The number of methoxy groups -OCH3 is 1. The van der Waals surface area contributed by atoms with Crippen molar-refractivity contribution in [2.24, 2.45) is 0 Å². The van der Waals surface area contributed by atoms with Gasteiger partial charge in [0.25, 0.3) is 0 Å². The van der Waals surface area contributed by atoms with Crippen LogP contribution in [0.3, 0.4) is 0 Å². The fraction of sp³-hybridized carbons (Fsp3) is 0.423. The molecule has 1 fully saturated rings. The number of benzene rings is 2. The van der Waals surface area contributed by atoms with Crippen molar-refractivity contribution in [2.45, 2.75) is 39.3 Å². The number of hydrogen-bond acceptors (Lipinski definition) is 7. The van der Waals surface area contributed by atoms with E-state index in [1.807, 2.05) is 24.3 Å². The average Bonchev–Trinajstić information content (AvgIpc) is 3.20. The summed E-state index contributed by atoms with van der Waals surface area (Å²) in [6.07, 6.45) is 3.36. The van der Waals surface area contributed by atoms with E-state index in [2.05, 4.69) is 34.9 Å². The summed E-state index contributed by atoms with van der Waals surface area (Å²) in [6.45, 7) is 7.87. The monoisotopic (exact) mass is 500 g/mol. The third-order valence-electron chi connectivity index (χ3n) is 6.29. The van der Waals surface area contributed by atoms with Gasteiger partial charge in [0.05, 0.1) is 12.0 Å². The van der Waals surface area contributed by atoms with Crippen molar-refractivity contribution >= 4 is 32.9 Å². The van der Waals surface area contributed by atoms with Crippen LogP contribution in [-0.2, 0) is 19.5 Å². The molecule has 1 aliphatic rings. The molecule has 176 valence electrons. The van der Waals surface area contributed by atoms with Gasteiger partial charge in [-0.2, -0.15) is 0 Å². The van der Waals surface area contributed by atoms with Crippen LogP contribution in [0.4, 0.5) is 0 Å². The molecule has 0 bridgehead atoms. The van der Waals surface area contributed by atoms with Crippen LogP contribution in [-0.4, -0.2) is 48.2 Å². The lowest BCUT2D eigenvalue weighted by Crippen LogP contribution is -2.45. The van der Waals surface area contributed by atoms with Crippen molar-refractivity contribution in [3.05, 3.63) is 63.0 Å². The van der Waals surface area contributed by atoms with Gasteiger partial charge in [0, 0.05) is 50.4 Å². The van der Waals surface area contributed by atoms with Gasteiger partial charge in [0.2, 0.25) is 0 Å². The Morgan fingerprint density at radius 2 is 1.67 bits per heavy atom. The highest BCUT2D eigenvalue weighted by molar-refractivity contribution is 7.80. The number of ether oxygens (including phenoxy) is 1. The van der Waals surface area contributed by atoms with E-state index in [1.54, 1.807) is 27.8 Å². The van der Waals surface area contributed by atoms with Gasteiger partial charge in [0.1, 0.15) is 15.3 Å². The molecule has 7 heteroatoms. The molecular formula is C26H32N2O2S3. The Morgan fingerprint density at radius 1 is 0.970 bits per heavy atom. The van der Waals surface area contributed by atoms with Crippen molar-refractivity contribution in [1.82, 2.24) is 9.80 Å². The Kier molecular flexibility index (Phi) is 8.55. The van der Waals surface area contributed by atoms with Gasteiger partial charge in [-0.25, -0.2) is 0 Å². The van der Waals surface area contributed by atoms with E-state index in [4.69, 9.17) is 17.0 Å². The maximum atomic E-state index is 10.6. The Balaban J connectivity index is 1.41. The molecule has 1 saturated heterocycles. The van der Waals surface area contributed by atoms with Crippen molar-refractivity contribution in [3.63, 3.8) is 0 Å². The molecule has 4 nitrogen and oxygen atoms in total. The predicted molar refractivity (Wildman–Crippen MR) is 142 cm³/mol. The van der Waals surface area contributed by atoms with Crippen molar-refractivity contribution in [3.8, 4) is 21.9 Å². The van der Waals surface area contributed by atoms with Crippen LogP contribution >= 0.6 is 32.9 Å². The summed E-state index contributed by atoms with van der Waals surface area (Å²) in [5.41, 5.74) is 4.72. The second kappa shape index (κ2) is 11.6. The molecule has 0 spiro atoms. The lowest BCUT2D eigenvalue weighted by atomic mass is 10.0. The first-order valence-electron chi connectivity index (χ1n) is 11.6. The molecule has 1 aliphatic heterocycles. The number of aromatic hydroxyl groups is 1. The fourth-order valence-corrected chi connectivity index (χ4v) is 7.34. The van der Waals surface area contributed by atoms with Crippen molar-refractivity contribution < 1.29 is 9.84 Å². The number of phenolic OH excluding ortho intramolecular Hbond substituents is 1. The zero-order valence-electron chi connectivity index (χ0n) is 19.4. The molecule has 1 aromatic heterocycles. The Hall–Kier alpha value is -1.77. The zero-order valence-corrected chi connectivity index (χ0v) is 21.8. The third-order valence-corrected chi connectivity index (χ3v) is 9.48. The normalized spacial score (nSPS) is 15.1. The van der Waals surface area contributed by atoms with Crippen LogP contribution in [0.1, 0.15) is 36.5 Å². The molecule has 3 aromatic rings. The van der Waals surface area contributed by atoms with E-state index in [0.717, 1.165) is 67.2 Å². The number of phenols is 1. The highest BCUT2D eigenvalue weighted by Crippen LogP contribution is 2.37. The lowest BCUT2D eigenvalue weighted by molar-refractivity contribution is 0.120. The molecular weight excluding hydrogens is 468 g/mol. The smallest absolute Gasteiger partial charge is 0.123 e. The quantitative estimate of drug-likeness (QED) is 0.265. The SMILES string of the molecule is CCCCc1c(-c2ccc(O)c(CN3CCN(Cc4ccccc4OC)CC3)c2)ssc1=S. The molecule has 2 aromatic carbocycles. The number of rotatable bonds is 9. The lowest BCUT2D eigenvalue weighted by Gasteiger charge is -2.35. The van der Waals surface area contributed by atoms with Gasteiger partial charge in [-0.1, -0.05) is 64.4 Å². The Morgan fingerprint density at radius 3 is 2.36 bits per heavy atom. The largest absolute Gasteiger partial charge is 0.508 e. The van der Waals surface area contributed by atoms with Gasteiger partial charge in [-0.3, -0.25) is 9.80 Å². The minimum atomic E-state index is 0.379.